The lowest BCUT2D eigenvalue weighted by Gasteiger charge is -2.22. The predicted octanol–water partition coefficient (Wildman–Crippen LogP) is 3.49. The van der Waals surface area contributed by atoms with E-state index in [4.69, 9.17) is 4.74 Å². The van der Waals surface area contributed by atoms with E-state index in [0.717, 1.165) is 4.70 Å². The van der Waals surface area contributed by atoms with Crippen LogP contribution in [0, 0.1) is 0 Å². The van der Waals surface area contributed by atoms with Crippen molar-refractivity contribution in [3.8, 4) is 5.75 Å². The Bertz CT molecular complexity index is 1120. The smallest absolute Gasteiger partial charge is 0.244 e. The fourth-order valence-electron chi connectivity index (χ4n) is 2.88. The van der Waals surface area contributed by atoms with Gasteiger partial charge in [-0.1, -0.05) is 35.6 Å². The lowest BCUT2D eigenvalue weighted by Crippen LogP contribution is -2.40. The van der Waals surface area contributed by atoms with Crippen molar-refractivity contribution in [2.24, 2.45) is 0 Å². The second kappa shape index (κ2) is 10.9. The van der Waals surface area contributed by atoms with Crippen LogP contribution in [0.25, 0.3) is 10.2 Å². The number of amides is 1. The molecule has 0 saturated heterocycles. The average molecular weight is 484 g/mol. The quantitative estimate of drug-likeness (QED) is 0.463. The Kier molecular flexibility index (Phi) is 8.81. The zero-order valence-corrected chi connectivity index (χ0v) is 20.1. The van der Waals surface area contributed by atoms with E-state index in [9.17, 15) is 13.2 Å². The highest BCUT2D eigenvalue weighted by atomic mass is 35.5. The monoisotopic (exact) mass is 483 g/mol. The number of fused-ring (bicyclic) bond motifs is 1. The molecule has 0 saturated carbocycles. The van der Waals surface area contributed by atoms with Crippen LogP contribution in [0.15, 0.2) is 53.4 Å². The first-order valence-electron chi connectivity index (χ1n) is 9.57. The number of anilines is 1. The van der Waals surface area contributed by atoms with Crippen LogP contribution in [0.1, 0.15) is 6.92 Å². The lowest BCUT2D eigenvalue weighted by molar-refractivity contribution is -0.116. The molecule has 0 aliphatic carbocycles. The van der Waals surface area contributed by atoms with Gasteiger partial charge in [0.2, 0.25) is 5.91 Å². The van der Waals surface area contributed by atoms with Gasteiger partial charge in [0.05, 0.1) is 16.2 Å². The number of benzene rings is 2. The van der Waals surface area contributed by atoms with Gasteiger partial charge >= 0.3 is 0 Å². The standard InChI is InChI=1S/C21H25N3O4S2.ClH/c1-4-28-17-11-8-12-18-20(17)22-21(29-18)24(14-13-23(2)3)19(25)15-30(26,27)16-9-6-5-7-10-16;/h5-12H,4,13-15H2,1-3H3;1H. The Labute approximate surface area is 193 Å². The second-order valence-corrected chi connectivity index (χ2v) is 9.95. The summed E-state index contributed by atoms with van der Waals surface area (Å²) in [4.78, 5) is 21.2. The van der Waals surface area contributed by atoms with E-state index in [1.807, 2.05) is 44.1 Å². The minimum atomic E-state index is -3.75. The Hall–Kier alpha value is -2.20. The highest BCUT2D eigenvalue weighted by molar-refractivity contribution is 7.92. The fourth-order valence-corrected chi connectivity index (χ4v) is 5.12. The van der Waals surface area contributed by atoms with Crippen molar-refractivity contribution in [3.05, 3.63) is 48.5 Å². The molecule has 1 aromatic heterocycles. The topological polar surface area (TPSA) is 79.8 Å². The zero-order chi connectivity index (χ0) is 21.7. The molecule has 10 heteroatoms. The molecule has 0 unspecified atom stereocenters. The maximum Gasteiger partial charge on any atom is 0.244 e. The Morgan fingerprint density at radius 1 is 1.06 bits per heavy atom. The van der Waals surface area contributed by atoms with Crippen LogP contribution in [-0.2, 0) is 14.6 Å². The van der Waals surface area contributed by atoms with E-state index < -0.39 is 21.5 Å². The summed E-state index contributed by atoms with van der Waals surface area (Å²) in [5, 5.41) is 0.465. The third kappa shape index (κ3) is 6.16. The number of sulfone groups is 1. The largest absolute Gasteiger partial charge is 0.492 e. The molecular weight excluding hydrogens is 458 g/mol. The van der Waals surface area contributed by atoms with E-state index in [2.05, 4.69) is 4.98 Å². The van der Waals surface area contributed by atoms with E-state index >= 15 is 0 Å². The number of rotatable bonds is 9. The molecule has 31 heavy (non-hydrogen) atoms. The predicted molar refractivity (Wildman–Crippen MR) is 127 cm³/mol. The van der Waals surface area contributed by atoms with Crippen LogP contribution in [-0.4, -0.2) is 63.8 Å². The summed E-state index contributed by atoms with van der Waals surface area (Å²) < 4.78 is 32.0. The van der Waals surface area contributed by atoms with Crippen LogP contribution < -0.4 is 9.64 Å². The van der Waals surface area contributed by atoms with Crippen molar-refractivity contribution < 1.29 is 17.9 Å². The first-order valence-corrected chi connectivity index (χ1v) is 12.0. The van der Waals surface area contributed by atoms with Crippen molar-refractivity contribution in [2.75, 3.05) is 44.4 Å². The Morgan fingerprint density at radius 3 is 2.42 bits per heavy atom. The molecule has 2 aromatic carbocycles. The summed E-state index contributed by atoms with van der Waals surface area (Å²) in [6, 6.07) is 13.6. The SMILES string of the molecule is CCOc1cccc2sc(N(CCN(C)C)C(=O)CS(=O)(=O)c3ccccc3)nc12.Cl. The normalized spacial score (nSPS) is 11.4. The van der Waals surface area contributed by atoms with Gasteiger partial charge in [0, 0.05) is 13.1 Å². The number of nitrogens with zero attached hydrogens (tertiary/aromatic N) is 3. The van der Waals surface area contributed by atoms with Crippen LogP contribution in [0.3, 0.4) is 0 Å². The molecule has 1 amide bonds. The molecule has 0 N–H and O–H groups in total. The summed E-state index contributed by atoms with van der Waals surface area (Å²) in [6.07, 6.45) is 0. The summed E-state index contributed by atoms with van der Waals surface area (Å²) in [6.45, 7) is 3.31. The maximum atomic E-state index is 13.1. The van der Waals surface area contributed by atoms with E-state index in [0.29, 0.717) is 36.1 Å². The molecule has 0 spiro atoms. The van der Waals surface area contributed by atoms with Gasteiger partial charge in [-0.05, 0) is 45.3 Å². The third-order valence-electron chi connectivity index (χ3n) is 4.39. The number of hydrogen-bond donors (Lipinski definition) is 0. The molecule has 0 bridgehead atoms. The molecule has 1 heterocycles. The molecule has 0 radical (unpaired) electrons. The van der Waals surface area contributed by atoms with Crippen LogP contribution in [0.5, 0.6) is 5.75 Å². The minimum Gasteiger partial charge on any atom is -0.492 e. The van der Waals surface area contributed by atoms with Gasteiger partial charge in [0.25, 0.3) is 0 Å². The van der Waals surface area contributed by atoms with Crippen molar-refractivity contribution in [3.63, 3.8) is 0 Å². The molecule has 0 atom stereocenters. The number of para-hydroxylation sites is 1. The van der Waals surface area contributed by atoms with Gasteiger partial charge in [0.1, 0.15) is 17.0 Å². The summed E-state index contributed by atoms with van der Waals surface area (Å²) in [5.74, 6) is -0.467. The molecule has 168 valence electrons. The number of halogens is 1. The Morgan fingerprint density at radius 2 is 1.77 bits per heavy atom. The molecule has 0 aliphatic rings. The summed E-state index contributed by atoms with van der Waals surface area (Å²) in [7, 11) is 0.0449. The van der Waals surface area contributed by atoms with Gasteiger partial charge in [-0.3, -0.25) is 9.69 Å². The average Bonchev–Trinajstić information content (AvgIpc) is 3.13. The molecular formula is C21H26ClN3O4S2. The van der Waals surface area contributed by atoms with Gasteiger partial charge in [-0.25, -0.2) is 13.4 Å². The van der Waals surface area contributed by atoms with Gasteiger partial charge in [-0.15, -0.1) is 12.4 Å². The summed E-state index contributed by atoms with van der Waals surface area (Å²) in [5.41, 5.74) is 0.674. The second-order valence-electron chi connectivity index (χ2n) is 6.95. The zero-order valence-electron chi connectivity index (χ0n) is 17.6. The number of hydrogen-bond acceptors (Lipinski definition) is 7. The van der Waals surface area contributed by atoms with Crippen LogP contribution in [0.4, 0.5) is 5.13 Å². The third-order valence-corrected chi connectivity index (χ3v) is 7.05. The van der Waals surface area contributed by atoms with Crippen molar-refractivity contribution in [1.82, 2.24) is 9.88 Å². The highest BCUT2D eigenvalue weighted by Crippen LogP contribution is 2.34. The number of thiazole rings is 1. The van der Waals surface area contributed by atoms with Gasteiger partial charge in [0.15, 0.2) is 15.0 Å². The van der Waals surface area contributed by atoms with Crippen molar-refractivity contribution in [2.45, 2.75) is 11.8 Å². The molecule has 7 nitrogen and oxygen atoms in total. The molecule has 3 rings (SSSR count). The molecule has 0 fully saturated rings. The van der Waals surface area contributed by atoms with Crippen LogP contribution in [0.2, 0.25) is 0 Å². The van der Waals surface area contributed by atoms with E-state index in [-0.39, 0.29) is 17.3 Å². The Balaban J connectivity index is 0.00000341. The lowest BCUT2D eigenvalue weighted by atomic mass is 10.3. The highest BCUT2D eigenvalue weighted by Gasteiger charge is 2.27. The first kappa shape index (κ1) is 25.1. The number of carbonyl (C=O) groups is 1. The number of ether oxygens (including phenoxy) is 1. The van der Waals surface area contributed by atoms with E-state index in [1.165, 1.54) is 28.4 Å². The van der Waals surface area contributed by atoms with Crippen molar-refractivity contribution >= 4 is 54.8 Å². The molecule has 0 aliphatic heterocycles. The van der Waals surface area contributed by atoms with Crippen molar-refractivity contribution in [1.29, 1.82) is 0 Å². The van der Waals surface area contributed by atoms with Crippen LogP contribution >= 0.6 is 23.7 Å². The minimum absolute atomic E-state index is 0. The first-order chi connectivity index (χ1) is 14.3. The number of likely N-dealkylation sites (N-methyl/N-ethyl adjacent to an activating group) is 1. The van der Waals surface area contributed by atoms with Gasteiger partial charge in [-0.2, -0.15) is 0 Å². The van der Waals surface area contributed by atoms with Gasteiger partial charge < -0.3 is 9.64 Å². The number of aromatic nitrogens is 1. The summed E-state index contributed by atoms with van der Waals surface area (Å²) >= 11 is 1.35. The maximum absolute atomic E-state index is 13.1. The number of carbonyl (C=O) groups excluding carboxylic acids is 1. The fraction of sp³-hybridized carbons (Fsp3) is 0.333. The van der Waals surface area contributed by atoms with E-state index in [1.54, 1.807) is 18.2 Å². The molecule has 3 aromatic rings.